The maximum Gasteiger partial charge on any atom is 0.142 e. The Hall–Kier alpha value is -2.70. The Morgan fingerprint density at radius 2 is 1.82 bits per heavy atom. The summed E-state index contributed by atoms with van der Waals surface area (Å²) in [4.78, 5) is 9.29. The number of morpholine rings is 1. The molecule has 34 heavy (non-hydrogen) atoms. The van der Waals surface area contributed by atoms with Gasteiger partial charge < -0.3 is 14.5 Å². The molecule has 2 aliphatic rings. The molecule has 2 aromatic carbocycles. The first-order valence-corrected chi connectivity index (χ1v) is 12.2. The van der Waals surface area contributed by atoms with Crippen molar-refractivity contribution in [2.75, 3.05) is 42.6 Å². The van der Waals surface area contributed by atoms with E-state index in [-0.39, 0.29) is 17.1 Å². The number of pyridine rings is 1. The standard InChI is InChI=1S/C27H28ClF2N3O/c1-18-21(19-5-4-6-20(15-19)32-11-13-34-14-12-32)16-31-25-7-2-3-10-33(27(18)25)17-22-23(29)8-9-24(30)26(22)28/h4-6,8-9,15-16H,2-3,7,10-14,17H2,1H3. The van der Waals surface area contributed by atoms with E-state index in [9.17, 15) is 8.78 Å². The van der Waals surface area contributed by atoms with Gasteiger partial charge in [0.25, 0.3) is 0 Å². The predicted molar refractivity (Wildman–Crippen MR) is 133 cm³/mol. The van der Waals surface area contributed by atoms with Gasteiger partial charge in [0.15, 0.2) is 0 Å². The van der Waals surface area contributed by atoms with E-state index in [4.69, 9.17) is 21.3 Å². The highest BCUT2D eigenvalue weighted by molar-refractivity contribution is 6.31. The smallest absolute Gasteiger partial charge is 0.142 e. The molecule has 1 aromatic heterocycles. The average Bonchev–Trinajstić information content (AvgIpc) is 3.08. The SMILES string of the molecule is Cc1c(-c2cccc(N3CCOCC3)c2)cnc2c1N(Cc1c(F)ccc(F)c1Cl)CCCC2. The van der Waals surface area contributed by atoms with Crippen molar-refractivity contribution in [2.45, 2.75) is 32.7 Å². The summed E-state index contributed by atoms with van der Waals surface area (Å²) in [6.07, 6.45) is 4.76. The van der Waals surface area contributed by atoms with Crippen LogP contribution in [0.25, 0.3) is 11.1 Å². The van der Waals surface area contributed by atoms with Gasteiger partial charge in [-0.3, -0.25) is 4.98 Å². The Kier molecular flexibility index (Phi) is 6.70. The van der Waals surface area contributed by atoms with E-state index in [0.717, 1.165) is 92.3 Å². The van der Waals surface area contributed by atoms with Gasteiger partial charge in [-0.1, -0.05) is 23.7 Å². The number of aryl methyl sites for hydroxylation is 1. The lowest BCUT2D eigenvalue weighted by molar-refractivity contribution is 0.122. The predicted octanol–water partition coefficient (Wildman–Crippen LogP) is 6.17. The summed E-state index contributed by atoms with van der Waals surface area (Å²) in [5, 5.41) is -0.147. The molecule has 0 amide bonds. The third-order valence-corrected chi connectivity index (χ3v) is 7.22. The molecule has 0 radical (unpaired) electrons. The summed E-state index contributed by atoms with van der Waals surface area (Å²) in [6.45, 7) is 6.25. The molecule has 1 fully saturated rings. The zero-order valence-corrected chi connectivity index (χ0v) is 20.0. The van der Waals surface area contributed by atoms with Crippen LogP contribution in [0.15, 0.2) is 42.6 Å². The molecule has 4 nitrogen and oxygen atoms in total. The third-order valence-electron chi connectivity index (χ3n) is 6.81. The maximum atomic E-state index is 14.6. The molecule has 0 unspecified atom stereocenters. The second-order valence-electron chi connectivity index (χ2n) is 8.94. The first-order valence-electron chi connectivity index (χ1n) is 11.8. The van der Waals surface area contributed by atoms with Gasteiger partial charge in [-0.05, 0) is 61.6 Å². The molecule has 0 N–H and O–H groups in total. The lowest BCUT2D eigenvalue weighted by Gasteiger charge is -2.30. The summed E-state index contributed by atoms with van der Waals surface area (Å²) in [5.74, 6) is -1.09. The first-order chi connectivity index (χ1) is 16.5. The number of nitrogens with zero attached hydrogens (tertiary/aromatic N) is 3. The highest BCUT2D eigenvalue weighted by Gasteiger charge is 2.24. The van der Waals surface area contributed by atoms with E-state index < -0.39 is 11.6 Å². The van der Waals surface area contributed by atoms with Gasteiger partial charge in [0.2, 0.25) is 0 Å². The Bertz CT molecular complexity index is 1200. The lowest BCUT2D eigenvalue weighted by atomic mass is 9.98. The fraction of sp³-hybridized carbons (Fsp3) is 0.370. The number of anilines is 2. The van der Waals surface area contributed by atoms with Crippen molar-refractivity contribution in [2.24, 2.45) is 0 Å². The van der Waals surface area contributed by atoms with Gasteiger partial charge >= 0.3 is 0 Å². The molecule has 0 atom stereocenters. The molecule has 7 heteroatoms. The van der Waals surface area contributed by atoms with Gasteiger partial charge in [0.1, 0.15) is 11.6 Å². The van der Waals surface area contributed by atoms with Gasteiger partial charge in [-0.15, -0.1) is 0 Å². The van der Waals surface area contributed by atoms with Crippen molar-refractivity contribution in [3.05, 3.63) is 76.1 Å². The minimum absolute atomic E-state index is 0.147. The third kappa shape index (κ3) is 4.49. The van der Waals surface area contributed by atoms with Crippen molar-refractivity contribution in [3.8, 4) is 11.1 Å². The topological polar surface area (TPSA) is 28.6 Å². The van der Waals surface area contributed by atoms with E-state index in [1.165, 1.54) is 5.69 Å². The van der Waals surface area contributed by atoms with Crippen LogP contribution in [0.3, 0.4) is 0 Å². The molecular formula is C27H28ClF2N3O. The molecule has 0 bridgehead atoms. The fourth-order valence-electron chi connectivity index (χ4n) is 5.00. The highest BCUT2D eigenvalue weighted by atomic mass is 35.5. The van der Waals surface area contributed by atoms with Gasteiger partial charge in [-0.25, -0.2) is 8.78 Å². The van der Waals surface area contributed by atoms with Crippen molar-refractivity contribution >= 4 is 23.0 Å². The van der Waals surface area contributed by atoms with Crippen LogP contribution >= 0.6 is 11.6 Å². The highest BCUT2D eigenvalue weighted by Crippen LogP contribution is 2.37. The van der Waals surface area contributed by atoms with E-state index >= 15 is 0 Å². The van der Waals surface area contributed by atoms with Crippen LogP contribution in [-0.4, -0.2) is 37.8 Å². The quantitative estimate of drug-likeness (QED) is 0.415. The zero-order chi connectivity index (χ0) is 23.7. The van der Waals surface area contributed by atoms with Crippen LogP contribution in [0.1, 0.15) is 29.7 Å². The van der Waals surface area contributed by atoms with Gasteiger partial charge in [0, 0.05) is 49.2 Å². The Morgan fingerprint density at radius 3 is 2.65 bits per heavy atom. The number of hydrogen-bond acceptors (Lipinski definition) is 4. The number of rotatable bonds is 4. The zero-order valence-electron chi connectivity index (χ0n) is 19.3. The Balaban J connectivity index is 1.54. The molecular weight excluding hydrogens is 456 g/mol. The summed E-state index contributed by atoms with van der Waals surface area (Å²) in [6, 6.07) is 10.7. The minimum atomic E-state index is -0.600. The van der Waals surface area contributed by atoms with Crippen molar-refractivity contribution < 1.29 is 13.5 Å². The molecule has 1 saturated heterocycles. The van der Waals surface area contributed by atoms with E-state index in [1.54, 1.807) is 0 Å². The average molecular weight is 484 g/mol. The lowest BCUT2D eigenvalue weighted by Crippen LogP contribution is -2.36. The normalized spacial score (nSPS) is 16.4. The maximum absolute atomic E-state index is 14.6. The van der Waals surface area contributed by atoms with E-state index in [2.05, 4.69) is 41.0 Å². The van der Waals surface area contributed by atoms with Crippen molar-refractivity contribution in [3.63, 3.8) is 0 Å². The van der Waals surface area contributed by atoms with Crippen LogP contribution in [0.5, 0.6) is 0 Å². The van der Waals surface area contributed by atoms with Crippen LogP contribution in [0, 0.1) is 18.6 Å². The van der Waals surface area contributed by atoms with Gasteiger partial charge in [-0.2, -0.15) is 0 Å². The number of aromatic nitrogens is 1. The van der Waals surface area contributed by atoms with Crippen molar-refractivity contribution in [1.29, 1.82) is 0 Å². The molecule has 3 aromatic rings. The second kappa shape index (κ2) is 9.88. The fourth-order valence-corrected chi connectivity index (χ4v) is 5.21. The summed E-state index contributed by atoms with van der Waals surface area (Å²) in [7, 11) is 0. The minimum Gasteiger partial charge on any atom is -0.378 e. The summed E-state index contributed by atoms with van der Waals surface area (Å²) >= 11 is 6.17. The summed E-state index contributed by atoms with van der Waals surface area (Å²) < 4.78 is 34.2. The van der Waals surface area contributed by atoms with E-state index in [1.807, 2.05) is 6.20 Å². The largest absolute Gasteiger partial charge is 0.378 e. The van der Waals surface area contributed by atoms with Crippen LogP contribution < -0.4 is 9.80 Å². The monoisotopic (exact) mass is 483 g/mol. The number of fused-ring (bicyclic) bond motifs is 1. The Labute approximate surface area is 204 Å². The number of hydrogen-bond donors (Lipinski definition) is 0. The van der Waals surface area contributed by atoms with Crippen molar-refractivity contribution in [1.82, 2.24) is 4.98 Å². The molecule has 3 heterocycles. The molecule has 0 spiro atoms. The molecule has 0 saturated carbocycles. The van der Waals surface area contributed by atoms with Gasteiger partial charge in [0.05, 0.1) is 29.6 Å². The van der Waals surface area contributed by atoms with Crippen LogP contribution in [-0.2, 0) is 17.7 Å². The second-order valence-corrected chi connectivity index (χ2v) is 9.32. The molecule has 178 valence electrons. The first kappa shape index (κ1) is 23.1. The van der Waals surface area contributed by atoms with Crippen LogP contribution in [0.2, 0.25) is 5.02 Å². The number of ether oxygens (including phenoxy) is 1. The number of halogens is 3. The summed E-state index contributed by atoms with van der Waals surface area (Å²) in [5.41, 5.74) is 6.60. The Morgan fingerprint density at radius 1 is 1.03 bits per heavy atom. The van der Waals surface area contributed by atoms with Crippen LogP contribution in [0.4, 0.5) is 20.2 Å². The molecule has 5 rings (SSSR count). The molecule has 2 aliphatic heterocycles. The number of benzene rings is 2. The molecule has 0 aliphatic carbocycles. The van der Waals surface area contributed by atoms with E-state index in [0.29, 0.717) is 0 Å².